The van der Waals surface area contributed by atoms with Crippen LogP contribution in [0.15, 0.2) is 48.5 Å². The second-order valence-electron chi connectivity index (χ2n) is 6.08. The Morgan fingerprint density at radius 2 is 1.27 bits per heavy atom. The fourth-order valence-electron chi connectivity index (χ4n) is 2.58. The Morgan fingerprint density at radius 1 is 0.773 bits per heavy atom. The van der Waals surface area contributed by atoms with Crippen molar-refractivity contribution in [1.29, 1.82) is 0 Å². The molecule has 0 aromatic heterocycles. The molecule has 0 aliphatic rings. The Hall–Kier alpha value is -1.70. The highest BCUT2D eigenvalue weighted by Gasteiger charge is 2.28. The van der Waals surface area contributed by atoms with Gasteiger partial charge in [0.15, 0.2) is 0 Å². The molecule has 0 fully saturated rings. The number of hydrogen-bond donors (Lipinski definition) is 0. The van der Waals surface area contributed by atoms with Crippen LogP contribution in [-0.2, 0) is 19.3 Å². The van der Waals surface area contributed by atoms with E-state index < -0.39 is 5.92 Å². The predicted molar refractivity (Wildman–Crippen MR) is 88.6 cm³/mol. The van der Waals surface area contributed by atoms with Crippen LogP contribution in [-0.4, -0.2) is 5.92 Å². The van der Waals surface area contributed by atoms with Gasteiger partial charge in [-0.2, -0.15) is 0 Å². The molecule has 0 N–H and O–H groups in total. The highest BCUT2D eigenvalue weighted by atomic mass is 19.3. The van der Waals surface area contributed by atoms with Crippen molar-refractivity contribution in [1.82, 2.24) is 0 Å². The van der Waals surface area contributed by atoms with Crippen molar-refractivity contribution < 1.29 is 8.78 Å². The van der Waals surface area contributed by atoms with Crippen LogP contribution in [0.2, 0.25) is 0 Å². The van der Waals surface area contributed by atoms with Crippen molar-refractivity contribution >= 4 is 0 Å². The maximum atomic E-state index is 14.1. The lowest BCUT2D eigenvalue weighted by Gasteiger charge is -2.17. The standard InChI is InChI=1S/C20H24F2/c1-3-4-17-9-11-19(12-10-17)15-20(21,22)14-13-18-7-5-16(2)6-8-18/h5-12H,3-4,13-15H2,1-2H3. The summed E-state index contributed by atoms with van der Waals surface area (Å²) in [4.78, 5) is 0. The summed E-state index contributed by atoms with van der Waals surface area (Å²) in [7, 11) is 0. The molecule has 0 aliphatic heterocycles. The molecule has 0 radical (unpaired) electrons. The Kier molecular flexibility index (Phi) is 5.70. The van der Waals surface area contributed by atoms with Gasteiger partial charge in [-0.1, -0.05) is 67.4 Å². The molecular formula is C20H24F2. The second kappa shape index (κ2) is 7.53. The third-order valence-electron chi connectivity index (χ3n) is 3.92. The lowest BCUT2D eigenvalue weighted by molar-refractivity contribution is -0.00677. The van der Waals surface area contributed by atoms with Crippen molar-refractivity contribution in [2.24, 2.45) is 0 Å². The average Bonchev–Trinajstić information content (AvgIpc) is 2.49. The normalized spacial score (nSPS) is 11.6. The van der Waals surface area contributed by atoms with Crippen LogP contribution in [0.25, 0.3) is 0 Å². The highest BCUT2D eigenvalue weighted by Crippen LogP contribution is 2.26. The summed E-state index contributed by atoms with van der Waals surface area (Å²) in [5.74, 6) is -2.66. The number of benzene rings is 2. The summed E-state index contributed by atoms with van der Waals surface area (Å²) >= 11 is 0. The van der Waals surface area contributed by atoms with Crippen LogP contribution in [0.1, 0.15) is 42.0 Å². The molecule has 0 amide bonds. The minimum atomic E-state index is -2.66. The first-order valence-electron chi connectivity index (χ1n) is 8.00. The van der Waals surface area contributed by atoms with Gasteiger partial charge in [-0.25, -0.2) is 8.78 Å². The van der Waals surface area contributed by atoms with Crippen molar-refractivity contribution in [3.8, 4) is 0 Å². The van der Waals surface area contributed by atoms with Crippen LogP contribution in [0.4, 0.5) is 8.78 Å². The van der Waals surface area contributed by atoms with Crippen molar-refractivity contribution in [3.05, 3.63) is 70.8 Å². The largest absolute Gasteiger partial charge is 0.252 e. The molecule has 2 heteroatoms. The Bertz CT molecular complexity index is 568. The minimum Gasteiger partial charge on any atom is -0.207 e. The number of halogens is 2. The fraction of sp³-hybridized carbons (Fsp3) is 0.400. The first kappa shape index (κ1) is 16.7. The molecule has 0 unspecified atom stereocenters. The van der Waals surface area contributed by atoms with Gasteiger partial charge < -0.3 is 0 Å². The van der Waals surface area contributed by atoms with Gasteiger partial charge in [-0.05, 0) is 36.5 Å². The summed E-state index contributed by atoms with van der Waals surface area (Å²) in [5.41, 5.74) is 4.06. The smallest absolute Gasteiger partial charge is 0.207 e. The summed E-state index contributed by atoms with van der Waals surface area (Å²) in [6, 6.07) is 15.4. The van der Waals surface area contributed by atoms with E-state index in [1.807, 2.05) is 55.5 Å². The summed E-state index contributed by atoms with van der Waals surface area (Å²) in [5, 5.41) is 0. The average molecular weight is 302 g/mol. The van der Waals surface area contributed by atoms with Gasteiger partial charge >= 0.3 is 0 Å². The Morgan fingerprint density at radius 3 is 1.86 bits per heavy atom. The topological polar surface area (TPSA) is 0 Å². The molecular weight excluding hydrogens is 278 g/mol. The maximum absolute atomic E-state index is 14.1. The van der Waals surface area contributed by atoms with E-state index in [9.17, 15) is 8.78 Å². The molecule has 0 nitrogen and oxygen atoms in total. The van der Waals surface area contributed by atoms with Crippen LogP contribution >= 0.6 is 0 Å². The Balaban J connectivity index is 1.90. The number of rotatable bonds is 7. The van der Waals surface area contributed by atoms with Crippen LogP contribution in [0.5, 0.6) is 0 Å². The summed E-state index contributed by atoms with van der Waals surface area (Å²) in [6.45, 7) is 4.12. The first-order valence-corrected chi connectivity index (χ1v) is 8.00. The van der Waals surface area contributed by atoms with E-state index >= 15 is 0 Å². The molecule has 22 heavy (non-hydrogen) atoms. The zero-order valence-corrected chi connectivity index (χ0v) is 13.4. The molecule has 118 valence electrons. The number of aryl methyl sites for hydroxylation is 3. The third-order valence-corrected chi connectivity index (χ3v) is 3.92. The fourth-order valence-corrected chi connectivity index (χ4v) is 2.58. The number of alkyl halides is 2. The van der Waals surface area contributed by atoms with Gasteiger partial charge in [0.1, 0.15) is 0 Å². The quantitative estimate of drug-likeness (QED) is 0.610. The van der Waals surface area contributed by atoms with Crippen LogP contribution in [0, 0.1) is 6.92 Å². The SMILES string of the molecule is CCCc1ccc(CC(F)(F)CCc2ccc(C)cc2)cc1. The first-order chi connectivity index (χ1) is 10.5. The van der Waals surface area contributed by atoms with Gasteiger partial charge in [-0.3, -0.25) is 0 Å². The molecule has 2 aromatic carbocycles. The van der Waals surface area contributed by atoms with E-state index in [0.29, 0.717) is 12.0 Å². The lowest BCUT2D eigenvalue weighted by atomic mass is 9.98. The van der Waals surface area contributed by atoms with Gasteiger partial charge in [0, 0.05) is 12.8 Å². The third kappa shape index (κ3) is 5.25. The van der Waals surface area contributed by atoms with Gasteiger partial charge in [-0.15, -0.1) is 0 Å². The van der Waals surface area contributed by atoms with Gasteiger partial charge in [0.05, 0.1) is 0 Å². The molecule has 0 saturated heterocycles. The molecule has 0 spiro atoms. The zero-order chi connectivity index (χ0) is 16.0. The zero-order valence-electron chi connectivity index (χ0n) is 13.4. The summed E-state index contributed by atoms with van der Waals surface area (Å²) < 4.78 is 28.2. The molecule has 0 atom stereocenters. The summed E-state index contributed by atoms with van der Waals surface area (Å²) in [6.07, 6.45) is 2.22. The van der Waals surface area contributed by atoms with E-state index in [0.717, 1.165) is 24.0 Å². The predicted octanol–water partition coefficient (Wildman–Crippen LogP) is 5.76. The van der Waals surface area contributed by atoms with Gasteiger partial charge in [0.25, 0.3) is 5.92 Å². The second-order valence-corrected chi connectivity index (χ2v) is 6.08. The van der Waals surface area contributed by atoms with E-state index in [4.69, 9.17) is 0 Å². The lowest BCUT2D eigenvalue weighted by Crippen LogP contribution is -2.20. The molecule has 2 rings (SSSR count). The molecule has 0 saturated carbocycles. The molecule has 0 heterocycles. The van der Waals surface area contributed by atoms with Gasteiger partial charge in [0.2, 0.25) is 0 Å². The van der Waals surface area contributed by atoms with E-state index in [1.54, 1.807) is 0 Å². The van der Waals surface area contributed by atoms with E-state index in [1.165, 1.54) is 5.56 Å². The van der Waals surface area contributed by atoms with E-state index in [-0.39, 0.29) is 12.8 Å². The Labute approximate surface area is 132 Å². The minimum absolute atomic E-state index is 0.104. The molecule has 0 bridgehead atoms. The van der Waals surface area contributed by atoms with Crippen molar-refractivity contribution in [3.63, 3.8) is 0 Å². The highest BCUT2D eigenvalue weighted by molar-refractivity contribution is 5.24. The maximum Gasteiger partial charge on any atom is 0.252 e. The molecule has 2 aromatic rings. The van der Waals surface area contributed by atoms with Crippen LogP contribution in [0.3, 0.4) is 0 Å². The number of hydrogen-bond acceptors (Lipinski definition) is 0. The van der Waals surface area contributed by atoms with Crippen LogP contribution < -0.4 is 0 Å². The van der Waals surface area contributed by atoms with Crippen molar-refractivity contribution in [2.75, 3.05) is 0 Å². The van der Waals surface area contributed by atoms with Crippen molar-refractivity contribution in [2.45, 2.75) is 51.9 Å². The molecule has 0 aliphatic carbocycles. The monoisotopic (exact) mass is 302 g/mol. The van der Waals surface area contributed by atoms with E-state index in [2.05, 4.69) is 6.92 Å².